The van der Waals surface area contributed by atoms with Crippen molar-refractivity contribution < 1.29 is 13.2 Å². The lowest BCUT2D eigenvalue weighted by Gasteiger charge is -2.15. The van der Waals surface area contributed by atoms with Crippen LogP contribution in [0.3, 0.4) is 0 Å². The van der Waals surface area contributed by atoms with Gasteiger partial charge in [0.15, 0.2) is 0 Å². The minimum absolute atomic E-state index is 0.130. The average Bonchev–Trinajstić information content (AvgIpc) is 3.29. The van der Waals surface area contributed by atoms with Crippen LogP contribution in [0.2, 0.25) is 0 Å². The second-order valence-corrected chi connectivity index (χ2v) is 7.40. The quantitative estimate of drug-likeness (QED) is 0.635. The normalized spacial score (nSPS) is 15.8. The second kappa shape index (κ2) is 6.98. The van der Waals surface area contributed by atoms with E-state index in [0.717, 1.165) is 18.5 Å². The van der Waals surface area contributed by atoms with E-state index in [1.54, 1.807) is 24.4 Å². The van der Waals surface area contributed by atoms with Crippen LogP contribution in [0.5, 0.6) is 0 Å². The topological polar surface area (TPSA) is 94.6 Å². The van der Waals surface area contributed by atoms with Gasteiger partial charge in [0, 0.05) is 24.8 Å². The maximum Gasteiger partial charge on any atom is 0.271 e. The fourth-order valence-corrected chi connectivity index (χ4v) is 4.09. The molecule has 2 aromatic rings. The molecule has 0 atom stereocenters. The third-order valence-electron chi connectivity index (χ3n) is 3.79. The number of amides is 1. The van der Waals surface area contributed by atoms with Crippen LogP contribution in [0, 0.1) is 0 Å². The van der Waals surface area contributed by atoms with E-state index < -0.39 is 15.9 Å². The molecular weight excluding hydrogens is 328 g/mol. The molecule has 24 heavy (non-hydrogen) atoms. The lowest BCUT2D eigenvalue weighted by atomic mass is 10.2. The molecule has 0 saturated carbocycles. The molecule has 0 unspecified atom stereocenters. The molecule has 126 valence electrons. The molecule has 2 heterocycles. The fraction of sp³-hybridized carbons (Fsp3) is 0.250. The van der Waals surface area contributed by atoms with Crippen molar-refractivity contribution in [1.29, 1.82) is 0 Å². The lowest BCUT2D eigenvalue weighted by molar-refractivity contribution is 0.0955. The number of hydrogen-bond acceptors (Lipinski definition) is 4. The Morgan fingerprint density at radius 2 is 2.00 bits per heavy atom. The summed E-state index contributed by atoms with van der Waals surface area (Å²) in [6.07, 6.45) is 4.96. The third kappa shape index (κ3) is 3.55. The number of carbonyl (C=O) groups excluding carboxylic acids is 1. The zero-order chi connectivity index (χ0) is 17.0. The molecule has 1 saturated heterocycles. The number of nitrogens with zero attached hydrogens (tertiary/aromatic N) is 2. The Hall–Kier alpha value is -2.45. The Balaban J connectivity index is 1.73. The van der Waals surface area contributed by atoms with E-state index in [9.17, 15) is 13.2 Å². The molecule has 1 aromatic carbocycles. The first-order valence-corrected chi connectivity index (χ1v) is 9.08. The summed E-state index contributed by atoms with van der Waals surface area (Å²) in [5.74, 6) is -0.462. The Kier molecular flexibility index (Phi) is 4.77. The molecule has 2 N–H and O–H groups in total. The van der Waals surface area contributed by atoms with Crippen molar-refractivity contribution in [1.82, 2.24) is 14.7 Å². The lowest BCUT2D eigenvalue weighted by Crippen LogP contribution is -2.28. The van der Waals surface area contributed by atoms with Crippen molar-refractivity contribution >= 4 is 22.1 Å². The molecule has 1 aromatic heterocycles. The van der Waals surface area contributed by atoms with Crippen molar-refractivity contribution in [3.8, 4) is 0 Å². The van der Waals surface area contributed by atoms with Gasteiger partial charge in [-0.05, 0) is 43.2 Å². The molecule has 1 aliphatic rings. The number of aromatic amines is 1. The number of carbonyl (C=O) groups is 1. The number of benzene rings is 1. The second-order valence-electron chi connectivity index (χ2n) is 5.46. The Morgan fingerprint density at radius 3 is 2.71 bits per heavy atom. The minimum Gasteiger partial charge on any atom is -0.360 e. The van der Waals surface area contributed by atoms with Gasteiger partial charge in [0.1, 0.15) is 0 Å². The molecule has 1 fully saturated rings. The van der Waals surface area contributed by atoms with Gasteiger partial charge in [0.05, 0.1) is 16.8 Å². The van der Waals surface area contributed by atoms with Crippen LogP contribution in [0.25, 0.3) is 0 Å². The van der Waals surface area contributed by atoms with Crippen molar-refractivity contribution in [3.05, 3.63) is 53.9 Å². The summed E-state index contributed by atoms with van der Waals surface area (Å²) >= 11 is 0. The zero-order valence-electron chi connectivity index (χ0n) is 13.0. The summed E-state index contributed by atoms with van der Waals surface area (Å²) in [7, 11) is -3.54. The van der Waals surface area contributed by atoms with E-state index >= 15 is 0 Å². The van der Waals surface area contributed by atoms with Gasteiger partial charge < -0.3 is 4.98 Å². The predicted molar refractivity (Wildman–Crippen MR) is 90.3 cm³/mol. The van der Waals surface area contributed by atoms with Crippen LogP contribution in [-0.2, 0) is 10.0 Å². The Morgan fingerprint density at radius 1 is 1.21 bits per heavy atom. The standard InChI is InChI=1S/C16H18N4O3S/c21-16(19-18-12-14-6-4-8-17-14)13-5-3-7-15(11-13)24(22,23)20-9-1-2-10-20/h3-8,11-12,17H,1-2,9-10H2,(H,19,21)/b18-12+. The Labute approximate surface area is 140 Å². The highest BCUT2D eigenvalue weighted by Gasteiger charge is 2.27. The van der Waals surface area contributed by atoms with Gasteiger partial charge in [-0.1, -0.05) is 6.07 Å². The van der Waals surface area contributed by atoms with E-state index in [-0.39, 0.29) is 10.5 Å². The summed E-state index contributed by atoms with van der Waals surface area (Å²) in [5.41, 5.74) is 3.39. The van der Waals surface area contributed by atoms with Gasteiger partial charge in [0.25, 0.3) is 5.91 Å². The molecule has 1 amide bonds. The molecule has 3 rings (SSSR count). The molecule has 0 aliphatic carbocycles. The van der Waals surface area contributed by atoms with Gasteiger partial charge in [-0.25, -0.2) is 13.8 Å². The number of nitrogens with one attached hydrogen (secondary N) is 2. The summed E-state index contributed by atoms with van der Waals surface area (Å²) in [6, 6.07) is 9.63. The van der Waals surface area contributed by atoms with Crippen LogP contribution in [0.1, 0.15) is 28.9 Å². The van der Waals surface area contributed by atoms with Crippen LogP contribution < -0.4 is 5.43 Å². The number of rotatable bonds is 5. The van der Waals surface area contributed by atoms with Crippen LogP contribution in [-0.4, -0.2) is 42.9 Å². The van der Waals surface area contributed by atoms with E-state index in [1.165, 1.54) is 22.7 Å². The fourth-order valence-electron chi connectivity index (χ4n) is 2.52. The third-order valence-corrected chi connectivity index (χ3v) is 5.69. The van der Waals surface area contributed by atoms with Crippen molar-refractivity contribution in [2.24, 2.45) is 5.10 Å². The molecule has 1 aliphatic heterocycles. The number of hydrogen-bond donors (Lipinski definition) is 2. The minimum atomic E-state index is -3.54. The first-order chi connectivity index (χ1) is 11.6. The van der Waals surface area contributed by atoms with Crippen molar-refractivity contribution in [3.63, 3.8) is 0 Å². The largest absolute Gasteiger partial charge is 0.360 e. The predicted octanol–water partition coefficient (Wildman–Crippen LogP) is 1.56. The van der Waals surface area contributed by atoms with Crippen molar-refractivity contribution in [2.45, 2.75) is 17.7 Å². The van der Waals surface area contributed by atoms with Gasteiger partial charge in [-0.15, -0.1) is 0 Å². The van der Waals surface area contributed by atoms with E-state index in [0.29, 0.717) is 13.1 Å². The van der Waals surface area contributed by atoms with Crippen LogP contribution >= 0.6 is 0 Å². The number of H-pyrrole nitrogens is 1. The SMILES string of the molecule is O=C(N/N=C/c1ccc[nH]1)c1cccc(S(=O)(=O)N2CCCC2)c1. The first-order valence-electron chi connectivity index (χ1n) is 7.64. The summed E-state index contributed by atoms with van der Waals surface area (Å²) in [5, 5.41) is 3.84. The average molecular weight is 346 g/mol. The number of hydrazone groups is 1. The van der Waals surface area contributed by atoms with Crippen molar-refractivity contribution in [2.75, 3.05) is 13.1 Å². The first kappa shape index (κ1) is 16.4. The van der Waals surface area contributed by atoms with Crippen LogP contribution in [0.4, 0.5) is 0 Å². The highest BCUT2D eigenvalue weighted by Crippen LogP contribution is 2.21. The number of sulfonamides is 1. The maximum atomic E-state index is 12.5. The summed E-state index contributed by atoms with van der Waals surface area (Å²) in [6.45, 7) is 1.05. The molecule has 7 nitrogen and oxygen atoms in total. The van der Waals surface area contributed by atoms with Gasteiger partial charge >= 0.3 is 0 Å². The zero-order valence-corrected chi connectivity index (χ0v) is 13.8. The highest BCUT2D eigenvalue weighted by atomic mass is 32.2. The van der Waals surface area contributed by atoms with E-state index in [2.05, 4.69) is 15.5 Å². The smallest absolute Gasteiger partial charge is 0.271 e. The van der Waals surface area contributed by atoms with Gasteiger partial charge in [0.2, 0.25) is 10.0 Å². The maximum absolute atomic E-state index is 12.5. The molecule has 8 heteroatoms. The summed E-state index contributed by atoms with van der Waals surface area (Å²) < 4.78 is 26.5. The van der Waals surface area contributed by atoms with Gasteiger partial charge in [-0.2, -0.15) is 9.41 Å². The van der Waals surface area contributed by atoms with Crippen LogP contribution in [0.15, 0.2) is 52.6 Å². The molecule has 0 spiro atoms. The van der Waals surface area contributed by atoms with Gasteiger partial charge in [-0.3, -0.25) is 4.79 Å². The van der Waals surface area contributed by atoms with E-state index in [4.69, 9.17) is 0 Å². The highest BCUT2D eigenvalue weighted by molar-refractivity contribution is 7.89. The number of aromatic nitrogens is 1. The summed E-state index contributed by atoms with van der Waals surface area (Å²) in [4.78, 5) is 15.2. The molecule has 0 radical (unpaired) electrons. The molecular formula is C16H18N4O3S. The molecule has 0 bridgehead atoms. The monoisotopic (exact) mass is 346 g/mol. The van der Waals surface area contributed by atoms with E-state index in [1.807, 2.05) is 6.07 Å². The Bertz CT molecular complexity index is 838.